The van der Waals surface area contributed by atoms with Gasteiger partial charge in [-0.1, -0.05) is 32.9 Å². The third-order valence-electron chi connectivity index (χ3n) is 4.67. The smallest absolute Gasteiger partial charge is 0.247 e. The summed E-state index contributed by atoms with van der Waals surface area (Å²) in [6.07, 6.45) is 1.11. The van der Waals surface area contributed by atoms with Gasteiger partial charge in [0.25, 0.3) is 0 Å². The van der Waals surface area contributed by atoms with Crippen LogP contribution in [-0.2, 0) is 16.7 Å². The molecule has 0 bridgehead atoms. The van der Waals surface area contributed by atoms with Crippen LogP contribution in [0.15, 0.2) is 28.7 Å². The Labute approximate surface area is 155 Å². The minimum absolute atomic E-state index is 0.143. The lowest BCUT2D eigenvalue weighted by molar-refractivity contribution is 0.0374. The summed E-state index contributed by atoms with van der Waals surface area (Å²) >= 11 is 0. The molecule has 1 N–H and O–H groups in total. The van der Waals surface area contributed by atoms with Gasteiger partial charge >= 0.3 is 0 Å². The SMILES string of the molecule is CC(C)(C)c1ccc(-c2nnc(CNCCCN3CCOCC3)o2)cc1. The summed E-state index contributed by atoms with van der Waals surface area (Å²) < 4.78 is 11.1. The number of hydrogen-bond acceptors (Lipinski definition) is 6. The Kier molecular flexibility index (Phi) is 6.40. The first kappa shape index (κ1) is 19.0. The van der Waals surface area contributed by atoms with E-state index in [2.05, 4.69) is 53.3 Å². The van der Waals surface area contributed by atoms with E-state index in [-0.39, 0.29) is 5.41 Å². The lowest BCUT2D eigenvalue weighted by Crippen LogP contribution is -2.37. The van der Waals surface area contributed by atoms with Gasteiger partial charge in [0.2, 0.25) is 11.8 Å². The van der Waals surface area contributed by atoms with Crippen molar-refractivity contribution in [3.63, 3.8) is 0 Å². The number of hydrogen-bond donors (Lipinski definition) is 1. The second-order valence-corrected chi connectivity index (χ2v) is 7.81. The highest BCUT2D eigenvalue weighted by Crippen LogP contribution is 2.25. The van der Waals surface area contributed by atoms with Crippen molar-refractivity contribution in [2.75, 3.05) is 39.4 Å². The average Bonchev–Trinajstić information content (AvgIpc) is 3.11. The van der Waals surface area contributed by atoms with Crippen molar-refractivity contribution in [3.8, 4) is 11.5 Å². The molecule has 6 nitrogen and oxygen atoms in total. The van der Waals surface area contributed by atoms with Gasteiger partial charge in [0.15, 0.2) is 0 Å². The predicted octanol–water partition coefficient (Wildman–Crippen LogP) is 2.85. The molecule has 1 aliphatic heterocycles. The molecule has 3 rings (SSSR count). The van der Waals surface area contributed by atoms with Gasteiger partial charge in [-0.3, -0.25) is 4.90 Å². The molecule has 1 saturated heterocycles. The van der Waals surface area contributed by atoms with Gasteiger partial charge in [-0.15, -0.1) is 10.2 Å². The third-order valence-corrected chi connectivity index (χ3v) is 4.67. The molecule has 2 aromatic rings. The predicted molar refractivity (Wildman–Crippen MR) is 102 cm³/mol. The van der Waals surface area contributed by atoms with Crippen molar-refractivity contribution in [2.45, 2.75) is 39.2 Å². The van der Waals surface area contributed by atoms with E-state index < -0.39 is 0 Å². The molecule has 2 heterocycles. The highest BCUT2D eigenvalue weighted by atomic mass is 16.5. The molecule has 1 aromatic carbocycles. The first-order chi connectivity index (χ1) is 12.5. The van der Waals surface area contributed by atoms with E-state index in [9.17, 15) is 0 Å². The summed E-state index contributed by atoms with van der Waals surface area (Å²) in [7, 11) is 0. The molecule has 0 saturated carbocycles. The highest BCUT2D eigenvalue weighted by Gasteiger charge is 2.15. The minimum atomic E-state index is 0.143. The number of ether oxygens (including phenoxy) is 1. The van der Waals surface area contributed by atoms with E-state index in [1.54, 1.807) is 0 Å². The average molecular weight is 358 g/mol. The summed E-state index contributed by atoms with van der Waals surface area (Å²) in [6, 6.07) is 8.35. The van der Waals surface area contributed by atoms with Gasteiger partial charge in [-0.25, -0.2) is 0 Å². The van der Waals surface area contributed by atoms with Crippen LogP contribution in [0.4, 0.5) is 0 Å². The zero-order valence-electron chi connectivity index (χ0n) is 16.1. The van der Waals surface area contributed by atoms with Gasteiger partial charge in [0, 0.05) is 18.7 Å². The van der Waals surface area contributed by atoms with Gasteiger partial charge in [-0.2, -0.15) is 0 Å². The molecule has 1 aromatic heterocycles. The van der Waals surface area contributed by atoms with E-state index in [4.69, 9.17) is 9.15 Å². The Hall–Kier alpha value is -1.76. The van der Waals surface area contributed by atoms with E-state index in [0.29, 0.717) is 18.3 Å². The summed E-state index contributed by atoms with van der Waals surface area (Å²) in [5.74, 6) is 1.21. The molecule has 0 atom stereocenters. The maximum atomic E-state index is 5.78. The van der Waals surface area contributed by atoms with Gasteiger partial charge in [-0.05, 0) is 42.6 Å². The molecule has 6 heteroatoms. The summed E-state index contributed by atoms with van der Waals surface area (Å²) in [4.78, 5) is 2.44. The zero-order valence-corrected chi connectivity index (χ0v) is 16.1. The van der Waals surface area contributed by atoms with Crippen molar-refractivity contribution in [1.29, 1.82) is 0 Å². The highest BCUT2D eigenvalue weighted by molar-refractivity contribution is 5.53. The number of rotatable bonds is 7. The fourth-order valence-electron chi connectivity index (χ4n) is 3.00. The summed E-state index contributed by atoms with van der Waals surface area (Å²) in [6.45, 7) is 13.1. The minimum Gasteiger partial charge on any atom is -0.419 e. The van der Waals surface area contributed by atoms with Crippen molar-refractivity contribution in [1.82, 2.24) is 20.4 Å². The molecule has 142 valence electrons. The third kappa shape index (κ3) is 5.37. The van der Waals surface area contributed by atoms with Crippen molar-refractivity contribution in [3.05, 3.63) is 35.7 Å². The molecule has 0 aliphatic carbocycles. The van der Waals surface area contributed by atoms with E-state index in [1.165, 1.54) is 5.56 Å². The Morgan fingerprint density at radius 1 is 1.08 bits per heavy atom. The van der Waals surface area contributed by atoms with E-state index in [1.807, 2.05) is 12.1 Å². The van der Waals surface area contributed by atoms with E-state index in [0.717, 1.165) is 51.4 Å². The maximum Gasteiger partial charge on any atom is 0.247 e. The number of nitrogens with one attached hydrogen (secondary N) is 1. The second kappa shape index (κ2) is 8.75. The van der Waals surface area contributed by atoms with Crippen LogP contribution in [-0.4, -0.2) is 54.5 Å². The number of benzene rings is 1. The Morgan fingerprint density at radius 3 is 2.50 bits per heavy atom. The Balaban J connectivity index is 1.43. The van der Waals surface area contributed by atoms with Crippen LogP contribution >= 0.6 is 0 Å². The van der Waals surface area contributed by atoms with Crippen LogP contribution in [0.1, 0.15) is 38.6 Å². The molecule has 1 aliphatic rings. The van der Waals surface area contributed by atoms with Crippen LogP contribution in [0.3, 0.4) is 0 Å². The molecule has 0 unspecified atom stereocenters. The van der Waals surface area contributed by atoms with Gasteiger partial charge in [0.1, 0.15) is 0 Å². The van der Waals surface area contributed by atoms with Crippen molar-refractivity contribution in [2.24, 2.45) is 0 Å². The molecule has 26 heavy (non-hydrogen) atoms. The first-order valence-electron chi connectivity index (χ1n) is 9.46. The zero-order chi connectivity index (χ0) is 18.4. The van der Waals surface area contributed by atoms with Crippen LogP contribution < -0.4 is 5.32 Å². The Morgan fingerprint density at radius 2 is 1.81 bits per heavy atom. The largest absolute Gasteiger partial charge is 0.419 e. The second-order valence-electron chi connectivity index (χ2n) is 7.81. The molecule has 1 fully saturated rings. The number of nitrogens with zero attached hydrogens (tertiary/aromatic N) is 3. The van der Waals surface area contributed by atoms with Crippen LogP contribution in [0.5, 0.6) is 0 Å². The van der Waals surface area contributed by atoms with Crippen LogP contribution in [0.2, 0.25) is 0 Å². The van der Waals surface area contributed by atoms with Gasteiger partial charge in [0.05, 0.1) is 19.8 Å². The monoisotopic (exact) mass is 358 g/mol. The summed E-state index contributed by atoms with van der Waals surface area (Å²) in [5, 5.41) is 11.7. The number of aromatic nitrogens is 2. The number of morpholine rings is 1. The lowest BCUT2D eigenvalue weighted by Gasteiger charge is -2.26. The molecular formula is C20H30N4O2. The normalized spacial score (nSPS) is 16.1. The van der Waals surface area contributed by atoms with E-state index >= 15 is 0 Å². The fraction of sp³-hybridized carbons (Fsp3) is 0.600. The molecule has 0 spiro atoms. The standard InChI is InChI=1S/C20H30N4O2/c1-20(2,3)17-7-5-16(6-8-17)19-23-22-18(26-19)15-21-9-4-10-24-11-13-25-14-12-24/h5-8,21H,4,9-15H2,1-3H3. The molecule has 0 amide bonds. The fourth-order valence-corrected chi connectivity index (χ4v) is 3.00. The lowest BCUT2D eigenvalue weighted by atomic mass is 9.87. The van der Waals surface area contributed by atoms with Crippen molar-refractivity contribution >= 4 is 0 Å². The topological polar surface area (TPSA) is 63.4 Å². The van der Waals surface area contributed by atoms with Crippen molar-refractivity contribution < 1.29 is 9.15 Å². The summed E-state index contributed by atoms with van der Waals surface area (Å²) in [5.41, 5.74) is 2.40. The maximum absolute atomic E-state index is 5.78. The quantitative estimate of drug-likeness (QED) is 0.768. The van der Waals surface area contributed by atoms with Gasteiger partial charge < -0.3 is 14.5 Å². The van der Waals surface area contributed by atoms with Crippen LogP contribution in [0, 0.1) is 0 Å². The molecule has 0 radical (unpaired) electrons. The first-order valence-corrected chi connectivity index (χ1v) is 9.46. The Bertz CT molecular complexity index is 670. The molecular weight excluding hydrogens is 328 g/mol. The van der Waals surface area contributed by atoms with Crippen LogP contribution in [0.25, 0.3) is 11.5 Å².